The van der Waals surface area contributed by atoms with Crippen molar-refractivity contribution in [3.05, 3.63) is 30.1 Å². The second-order valence-electron chi connectivity index (χ2n) is 4.77. The Morgan fingerprint density at radius 2 is 2.15 bits per heavy atom. The molecule has 0 aromatic carbocycles. The third kappa shape index (κ3) is 2.53. The summed E-state index contributed by atoms with van der Waals surface area (Å²) in [7, 11) is 0. The molecule has 1 aliphatic heterocycles. The van der Waals surface area contributed by atoms with Gasteiger partial charge in [-0.1, -0.05) is 0 Å². The topological polar surface area (TPSA) is 46.8 Å². The van der Waals surface area contributed by atoms with E-state index in [9.17, 15) is 4.79 Å². The quantitative estimate of drug-likeness (QED) is 0.687. The van der Waals surface area contributed by atoms with Crippen LogP contribution in [0.1, 0.15) is 16.8 Å². The molecule has 0 radical (unpaired) electrons. The summed E-state index contributed by atoms with van der Waals surface area (Å²) < 4.78 is 7.13. The van der Waals surface area contributed by atoms with E-state index in [1.807, 2.05) is 18.3 Å². The molecule has 6 heteroatoms. The van der Waals surface area contributed by atoms with Crippen LogP contribution in [-0.2, 0) is 4.74 Å². The number of pyridine rings is 1. The van der Waals surface area contributed by atoms with Crippen molar-refractivity contribution in [2.24, 2.45) is 0 Å². The van der Waals surface area contributed by atoms with E-state index in [2.05, 4.69) is 22.6 Å². The van der Waals surface area contributed by atoms with Crippen LogP contribution in [-0.4, -0.2) is 47.5 Å². The first-order valence-electron chi connectivity index (χ1n) is 6.74. The Labute approximate surface area is 122 Å². The number of carbonyl (C=O) groups is 1. The molecule has 0 spiro atoms. The third-order valence-corrected chi connectivity index (χ3v) is 3.74. The summed E-state index contributed by atoms with van der Waals surface area (Å²) in [6, 6.07) is 4.00. The van der Waals surface area contributed by atoms with Crippen molar-refractivity contribution in [3.8, 4) is 0 Å². The van der Waals surface area contributed by atoms with Crippen molar-refractivity contribution >= 4 is 29.6 Å². The fraction of sp³-hybridized carbons (Fsp3) is 0.429. The summed E-state index contributed by atoms with van der Waals surface area (Å²) in [6.07, 6.45) is 4.05. The molecule has 20 heavy (non-hydrogen) atoms. The monoisotopic (exact) mass is 291 g/mol. The Morgan fingerprint density at radius 3 is 2.90 bits per heavy atom. The fourth-order valence-electron chi connectivity index (χ4n) is 2.43. The van der Waals surface area contributed by atoms with E-state index in [4.69, 9.17) is 4.74 Å². The maximum Gasteiger partial charge on any atom is 0.167 e. The van der Waals surface area contributed by atoms with E-state index < -0.39 is 0 Å². The summed E-state index contributed by atoms with van der Waals surface area (Å²) in [5.74, 6) is 0.649. The molecule has 1 fully saturated rings. The van der Waals surface area contributed by atoms with Crippen LogP contribution in [0.3, 0.4) is 0 Å². The van der Waals surface area contributed by atoms with Crippen molar-refractivity contribution in [2.45, 2.75) is 6.42 Å². The van der Waals surface area contributed by atoms with Crippen molar-refractivity contribution < 1.29 is 9.53 Å². The number of rotatable bonds is 4. The van der Waals surface area contributed by atoms with Crippen LogP contribution in [0.4, 0.5) is 5.69 Å². The number of aromatic nitrogens is 2. The molecule has 3 heterocycles. The highest BCUT2D eigenvalue weighted by Gasteiger charge is 2.15. The molecular formula is C14H17N3O2S. The highest BCUT2D eigenvalue weighted by Crippen LogP contribution is 2.20. The van der Waals surface area contributed by atoms with E-state index in [-0.39, 0.29) is 5.78 Å². The summed E-state index contributed by atoms with van der Waals surface area (Å²) in [5, 5.41) is 4.29. The third-order valence-electron chi connectivity index (χ3n) is 3.52. The molecule has 5 nitrogen and oxygen atoms in total. The van der Waals surface area contributed by atoms with Crippen LogP contribution < -0.4 is 4.90 Å². The van der Waals surface area contributed by atoms with Gasteiger partial charge < -0.3 is 9.64 Å². The van der Waals surface area contributed by atoms with Gasteiger partial charge >= 0.3 is 0 Å². The lowest BCUT2D eigenvalue weighted by atomic mass is 10.1. The zero-order valence-electron chi connectivity index (χ0n) is 11.2. The largest absolute Gasteiger partial charge is 0.378 e. The Hall–Kier alpha value is -1.53. The lowest BCUT2D eigenvalue weighted by Crippen LogP contribution is -2.36. The van der Waals surface area contributed by atoms with E-state index in [0.29, 0.717) is 17.7 Å². The Bertz CT molecular complexity index is 620. The lowest BCUT2D eigenvalue weighted by molar-refractivity contribution is 0.0991. The molecular weight excluding hydrogens is 274 g/mol. The van der Waals surface area contributed by atoms with Crippen LogP contribution in [0.2, 0.25) is 0 Å². The molecule has 0 atom stereocenters. The van der Waals surface area contributed by atoms with Crippen LogP contribution in [0, 0.1) is 0 Å². The van der Waals surface area contributed by atoms with Gasteiger partial charge in [0.25, 0.3) is 0 Å². The smallest absolute Gasteiger partial charge is 0.167 e. The van der Waals surface area contributed by atoms with Crippen LogP contribution in [0.25, 0.3) is 5.52 Å². The Morgan fingerprint density at radius 1 is 1.35 bits per heavy atom. The number of nitrogens with zero attached hydrogens (tertiary/aromatic N) is 3. The highest BCUT2D eigenvalue weighted by molar-refractivity contribution is 7.80. The minimum atomic E-state index is 0.0918. The van der Waals surface area contributed by atoms with Gasteiger partial charge in [-0.3, -0.25) is 4.79 Å². The summed E-state index contributed by atoms with van der Waals surface area (Å²) in [4.78, 5) is 14.2. The van der Waals surface area contributed by atoms with Gasteiger partial charge in [0.05, 0.1) is 42.4 Å². The number of hydrogen-bond donors (Lipinski definition) is 1. The molecule has 0 N–H and O–H groups in total. The molecule has 2 aromatic rings. The minimum absolute atomic E-state index is 0.0918. The van der Waals surface area contributed by atoms with E-state index >= 15 is 0 Å². The van der Waals surface area contributed by atoms with Gasteiger partial charge in [-0.05, 0) is 17.9 Å². The fourth-order valence-corrected chi connectivity index (χ4v) is 2.64. The van der Waals surface area contributed by atoms with Crippen molar-refractivity contribution in [1.29, 1.82) is 0 Å². The molecule has 0 saturated carbocycles. The van der Waals surface area contributed by atoms with E-state index in [1.165, 1.54) is 0 Å². The van der Waals surface area contributed by atoms with Crippen LogP contribution in [0.5, 0.6) is 0 Å². The van der Waals surface area contributed by atoms with E-state index in [1.54, 1.807) is 10.7 Å². The average molecular weight is 291 g/mol. The molecule has 1 aliphatic rings. The number of hydrogen-bond acceptors (Lipinski definition) is 5. The summed E-state index contributed by atoms with van der Waals surface area (Å²) in [5.41, 5.74) is 2.64. The first-order valence-corrected chi connectivity index (χ1v) is 7.37. The van der Waals surface area contributed by atoms with Crippen LogP contribution in [0.15, 0.2) is 24.5 Å². The summed E-state index contributed by atoms with van der Waals surface area (Å²) >= 11 is 4.10. The Kier molecular flexibility index (Phi) is 3.93. The second kappa shape index (κ2) is 5.85. The van der Waals surface area contributed by atoms with Gasteiger partial charge in [0.2, 0.25) is 0 Å². The SMILES string of the molecule is O=C(CCS)c1cnn2cc(N3CCOCC3)ccc12. The highest BCUT2D eigenvalue weighted by atomic mass is 32.1. The molecule has 0 unspecified atom stereocenters. The standard InChI is InChI=1S/C14H17N3O2S/c18-14(3-8-20)12-9-15-17-10-11(1-2-13(12)17)16-4-6-19-7-5-16/h1-2,9-10,20H,3-8H2. The molecule has 0 aliphatic carbocycles. The zero-order chi connectivity index (χ0) is 13.9. The normalized spacial score (nSPS) is 15.8. The number of carbonyl (C=O) groups excluding carboxylic acids is 1. The lowest BCUT2D eigenvalue weighted by Gasteiger charge is -2.28. The maximum absolute atomic E-state index is 12.0. The van der Waals surface area contributed by atoms with Gasteiger partial charge in [0, 0.05) is 19.5 Å². The number of Topliss-reactive ketones (excluding diaryl/α,β-unsaturated/α-hetero) is 1. The number of anilines is 1. The second-order valence-corrected chi connectivity index (χ2v) is 5.22. The molecule has 2 aromatic heterocycles. The average Bonchev–Trinajstić information content (AvgIpc) is 2.91. The summed E-state index contributed by atoms with van der Waals surface area (Å²) in [6.45, 7) is 3.28. The van der Waals surface area contributed by atoms with Crippen molar-refractivity contribution in [2.75, 3.05) is 37.0 Å². The predicted octanol–water partition coefficient (Wildman–Crippen LogP) is 1.67. The van der Waals surface area contributed by atoms with Crippen LogP contribution >= 0.6 is 12.6 Å². The van der Waals surface area contributed by atoms with Gasteiger partial charge in [-0.2, -0.15) is 17.7 Å². The number of fused-ring (bicyclic) bond motifs is 1. The number of ether oxygens (including phenoxy) is 1. The zero-order valence-corrected chi connectivity index (χ0v) is 12.1. The van der Waals surface area contributed by atoms with E-state index in [0.717, 1.165) is 37.5 Å². The van der Waals surface area contributed by atoms with Gasteiger partial charge in [0.15, 0.2) is 5.78 Å². The van der Waals surface area contributed by atoms with Gasteiger partial charge in [-0.15, -0.1) is 0 Å². The maximum atomic E-state index is 12.0. The van der Waals surface area contributed by atoms with Crippen molar-refractivity contribution in [3.63, 3.8) is 0 Å². The first-order chi connectivity index (χ1) is 9.79. The predicted molar refractivity (Wildman–Crippen MR) is 81.0 cm³/mol. The minimum Gasteiger partial charge on any atom is -0.378 e. The molecule has 0 bridgehead atoms. The van der Waals surface area contributed by atoms with Gasteiger partial charge in [0.1, 0.15) is 0 Å². The van der Waals surface area contributed by atoms with Gasteiger partial charge in [-0.25, -0.2) is 4.52 Å². The Balaban J connectivity index is 1.91. The number of ketones is 1. The molecule has 3 rings (SSSR count). The molecule has 1 saturated heterocycles. The number of thiol groups is 1. The molecule has 106 valence electrons. The molecule has 0 amide bonds. The van der Waals surface area contributed by atoms with Crippen molar-refractivity contribution in [1.82, 2.24) is 9.61 Å². The number of morpholine rings is 1. The first kappa shape index (κ1) is 13.5.